The molecule has 1 aromatic carbocycles. The molecule has 174 valence electrons. The minimum absolute atomic E-state index is 0.0530. The number of aliphatic hydroxyl groups is 1. The molecule has 3 heterocycles. The highest BCUT2D eigenvalue weighted by Crippen LogP contribution is 2.30. The van der Waals surface area contributed by atoms with Crippen molar-refractivity contribution in [3.8, 4) is 11.8 Å². The SMILES string of the molecule is Cc1cccc2cc(Cn3nc(C#CC(C)O)c4c(N)ncnc43)n(C3CCCCC3)c(=O)c12. The second-order valence-electron chi connectivity index (χ2n) is 9.05. The van der Waals surface area contributed by atoms with Crippen LogP contribution in [0, 0.1) is 18.8 Å². The number of hydrogen-bond acceptors (Lipinski definition) is 6. The summed E-state index contributed by atoms with van der Waals surface area (Å²) < 4.78 is 3.71. The Morgan fingerprint density at radius 3 is 2.76 bits per heavy atom. The van der Waals surface area contributed by atoms with E-state index >= 15 is 0 Å². The van der Waals surface area contributed by atoms with Crippen LogP contribution < -0.4 is 11.3 Å². The smallest absolute Gasteiger partial charge is 0.259 e. The lowest BCUT2D eigenvalue weighted by atomic mass is 9.94. The fraction of sp³-hybridized carbons (Fsp3) is 0.385. The van der Waals surface area contributed by atoms with E-state index in [4.69, 9.17) is 5.73 Å². The van der Waals surface area contributed by atoms with Crippen molar-refractivity contribution >= 4 is 27.6 Å². The van der Waals surface area contributed by atoms with Gasteiger partial charge in [0.25, 0.3) is 5.56 Å². The summed E-state index contributed by atoms with van der Waals surface area (Å²) in [5.74, 6) is 5.91. The summed E-state index contributed by atoms with van der Waals surface area (Å²) in [5, 5.41) is 16.5. The number of nitrogens with zero attached hydrogens (tertiary/aromatic N) is 5. The first-order valence-corrected chi connectivity index (χ1v) is 11.7. The zero-order valence-corrected chi connectivity index (χ0v) is 19.5. The predicted molar refractivity (Wildman–Crippen MR) is 132 cm³/mol. The number of aryl methyl sites for hydroxylation is 1. The largest absolute Gasteiger partial charge is 0.383 e. The zero-order valence-electron chi connectivity index (χ0n) is 19.5. The van der Waals surface area contributed by atoms with Crippen molar-refractivity contribution in [3.63, 3.8) is 0 Å². The molecule has 0 radical (unpaired) electrons. The molecule has 1 fully saturated rings. The van der Waals surface area contributed by atoms with Gasteiger partial charge in [-0.25, -0.2) is 14.6 Å². The number of rotatable bonds is 3. The van der Waals surface area contributed by atoms with Crippen LogP contribution in [0.3, 0.4) is 0 Å². The zero-order chi connectivity index (χ0) is 23.8. The molecule has 8 heteroatoms. The number of aliphatic hydroxyl groups excluding tert-OH is 1. The van der Waals surface area contributed by atoms with E-state index in [0.717, 1.165) is 47.7 Å². The lowest BCUT2D eigenvalue weighted by Gasteiger charge is -2.27. The van der Waals surface area contributed by atoms with Gasteiger partial charge >= 0.3 is 0 Å². The van der Waals surface area contributed by atoms with Crippen LogP contribution in [0.15, 0.2) is 35.4 Å². The molecule has 5 rings (SSSR count). The molecule has 3 aromatic heterocycles. The van der Waals surface area contributed by atoms with Gasteiger partial charge in [-0.2, -0.15) is 5.10 Å². The Bertz CT molecular complexity index is 1500. The minimum atomic E-state index is -0.800. The van der Waals surface area contributed by atoms with Crippen molar-refractivity contribution in [3.05, 3.63) is 57.9 Å². The van der Waals surface area contributed by atoms with Crippen molar-refractivity contribution in [2.45, 2.75) is 64.6 Å². The van der Waals surface area contributed by atoms with Gasteiger partial charge in [0.15, 0.2) is 5.65 Å². The van der Waals surface area contributed by atoms with Gasteiger partial charge in [0.2, 0.25) is 0 Å². The fourth-order valence-electron chi connectivity index (χ4n) is 5.02. The number of pyridine rings is 1. The predicted octanol–water partition coefficient (Wildman–Crippen LogP) is 3.32. The number of anilines is 1. The van der Waals surface area contributed by atoms with E-state index in [2.05, 4.69) is 33.0 Å². The monoisotopic (exact) mass is 456 g/mol. The number of nitrogens with two attached hydrogens (primary N) is 1. The Morgan fingerprint density at radius 2 is 2.00 bits per heavy atom. The molecule has 0 spiro atoms. The van der Waals surface area contributed by atoms with E-state index in [-0.39, 0.29) is 17.4 Å². The van der Waals surface area contributed by atoms with Gasteiger partial charge in [0.05, 0.1) is 17.3 Å². The number of aromatic nitrogens is 5. The summed E-state index contributed by atoms with van der Waals surface area (Å²) in [6.45, 7) is 3.92. The third kappa shape index (κ3) is 3.93. The number of hydrogen-bond donors (Lipinski definition) is 2. The van der Waals surface area contributed by atoms with E-state index in [1.54, 1.807) is 11.6 Å². The summed E-state index contributed by atoms with van der Waals surface area (Å²) in [5.41, 5.74) is 9.03. The van der Waals surface area contributed by atoms with Gasteiger partial charge in [-0.1, -0.05) is 43.4 Å². The first kappa shape index (κ1) is 22.1. The molecule has 4 aromatic rings. The lowest BCUT2D eigenvalue weighted by molar-refractivity contribution is 0.253. The van der Waals surface area contributed by atoms with E-state index in [1.807, 2.05) is 29.7 Å². The van der Waals surface area contributed by atoms with Crippen molar-refractivity contribution in [2.75, 3.05) is 5.73 Å². The van der Waals surface area contributed by atoms with E-state index in [0.29, 0.717) is 23.3 Å². The van der Waals surface area contributed by atoms with Gasteiger partial charge < -0.3 is 15.4 Å². The van der Waals surface area contributed by atoms with E-state index < -0.39 is 6.10 Å². The third-order valence-corrected chi connectivity index (χ3v) is 6.58. The third-order valence-electron chi connectivity index (χ3n) is 6.58. The van der Waals surface area contributed by atoms with Gasteiger partial charge in [-0.3, -0.25) is 4.79 Å². The minimum Gasteiger partial charge on any atom is -0.383 e. The van der Waals surface area contributed by atoms with Crippen LogP contribution >= 0.6 is 0 Å². The Hall–Kier alpha value is -3.70. The van der Waals surface area contributed by atoms with Crippen LogP contribution in [0.2, 0.25) is 0 Å². The molecule has 1 aliphatic rings. The van der Waals surface area contributed by atoms with E-state index in [1.165, 1.54) is 12.7 Å². The number of fused-ring (bicyclic) bond motifs is 2. The Labute approximate surface area is 197 Å². The van der Waals surface area contributed by atoms with Crippen LogP contribution in [-0.2, 0) is 6.54 Å². The highest BCUT2D eigenvalue weighted by Gasteiger charge is 2.23. The average molecular weight is 457 g/mol. The molecule has 0 bridgehead atoms. The average Bonchev–Trinajstić information content (AvgIpc) is 3.17. The van der Waals surface area contributed by atoms with Crippen LogP contribution in [0.1, 0.15) is 62.0 Å². The van der Waals surface area contributed by atoms with Gasteiger partial charge in [0, 0.05) is 11.7 Å². The number of nitrogen functional groups attached to an aromatic ring is 1. The van der Waals surface area contributed by atoms with Crippen LogP contribution in [0.5, 0.6) is 0 Å². The Balaban J connectivity index is 1.71. The summed E-state index contributed by atoms with van der Waals surface area (Å²) in [7, 11) is 0. The molecule has 0 amide bonds. The van der Waals surface area contributed by atoms with Gasteiger partial charge in [-0.05, 0) is 49.6 Å². The maximum atomic E-state index is 13.8. The maximum absolute atomic E-state index is 13.8. The van der Waals surface area contributed by atoms with Crippen molar-refractivity contribution in [1.29, 1.82) is 0 Å². The molecule has 34 heavy (non-hydrogen) atoms. The molecule has 8 nitrogen and oxygen atoms in total. The second kappa shape index (κ2) is 8.92. The molecule has 1 atom stereocenters. The van der Waals surface area contributed by atoms with Crippen LogP contribution in [0.4, 0.5) is 5.82 Å². The lowest BCUT2D eigenvalue weighted by Crippen LogP contribution is -2.30. The van der Waals surface area contributed by atoms with Gasteiger partial charge in [0.1, 0.15) is 23.9 Å². The van der Waals surface area contributed by atoms with Crippen molar-refractivity contribution in [1.82, 2.24) is 24.3 Å². The highest BCUT2D eigenvalue weighted by molar-refractivity contribution is 5.90. The van der Waals surface area contributed by atoms with Crippen molar-refractivity contribution < 1.29 is 5.11 Å². The Morgan fingerprint density at radius 1 is 1.21 bits per heavy atom. The second-order valence-corrected chi connectivity index (χ2v) is 9.05. The Kier molecular flexibility index (Phi) is 5.80. The summed E-state index contributed by atoms with van der Waals surface area (Å²) in [4.78, 5) is 22.3. The van der Waals surface area contributed by atoms with Gasteiger partial charge in [-0.15, -0.1) is 0 Å². The summed E-state index contributed by atoms with van der Waals surface area (Å²) in [6, 6.07) is 8.21. The number of benzene rings is 1. The fourth-order valence-corrected chi connectivity index (χ4v) is 5.02. The highest BCUT2D eigenvalue weighted by atomic mass is 16.3. The quantitative estimate of drug-likeness (QED) is 0.458. The molecule has 1 aliphatic carbocycles. The molecular weight excluding hydrogens is 428 g/mol. The normalized spacial score (nSPS) is 15.4. The first-order chi connectivity index (χ1) is 16.4. The topological polar surface area (TPSA) is 112 Å². The maximum Gasteiger partial charge on any atom is 0.259 e. The summed E-state index contributed by atoms with van der Waals surface area (Å²) >= 11 is 0. The molecule has 3 N–H and O–H groups in total. The standard InChI is InChI=1S/C26H28N6O2/c1-16-7-6-8-18-13-20(32(26(34)22(16)18)19-9-4-3-5-10-19)14-31-25-23(24(27)28-15-29-25)21(30-31)12-11-17(2)33/h6-8,13,15,17,19,33H,3-5,9-10,14H2,1-2H3,(H2,27,28,29). The van der Waals surface area contributed by atoms with Crippen LogP contribution in [-0.4, -0.2) is 35.5 Å². The summed E-state index contributed by atoms with van der Waals surface area (Å²) in [6.07, 6.45) is 6.03. The first-order valence-electron chi connectivity index (χ1n) is 11.7. The molecule has 0 aliphatic heterocycles. The van der Waals surface area contributed by atoms with Crippen molar-refractivity contribution in [2.24, 2.45) is 0 Å². The molecule has 1 saturated carbocycles. The molecular formula is C26H28N6O2. The van der Waals surface area contributed by atoms with E-state index in [9.17, 15) is 9.90 Å². The van der Waals surface area contributed by atoms with Crippen LogP contribution in [0.25, 0.3) is 21.8 Å². The molecule has 1 unspecified atom stereocenters. The molecule has 0 saturated heterocycles.